The third kappa shape index (κ3) is 2.38. The molecule has 1 saturated heterocycles. The fourth-order valence-electron chi connectivity index (χ4n) is 3.31. The Balaban J connectivity index is 1.93. The quantitative estimate of drug-likeness (QED) is 0.859. The summed E-state index contributed by atoms with van der Waals surface area (Å²) >= 11 is 0. The van der Waals surface area contributed by atoms with E-state index in [0.29, 0.717) is 18.4 Å². The van der Waals surface area contributed by atoms with Crippen LogP contribution in [0.3, 0.4) is 0 Å². The number of carbonyl (C=O) groups excluding carboxylic acids is 1. The average Bonchev–Trinajstić information content (AvgIpc) is 3.24. The summed E-state index contributed by atoms with van der Waals surface area (Å²) in [5, 5.41) is 9.64. The molecule has 1 saturated carbocycles. The Morgan fingerprint density at radius 1 is 1.30 bits per heavy atom. The molecule has 1 N–H and O–H groups in total. The number of hydrogen-bond donors (Lipinski definition) is 1. The highest BCUT2D eigenvalue weighted by molar-refractivity contribution is 5.66. The Bertz CT molecular complexity index is 493. The molecule has 0 radical (unpaired) electrons. The molecule has 0 bridgehead atoms. The lowest BCUT2D eigenvalue weighted by molar-refractivity contribution is -0.115. The van der Waals surface area contributed by atoms with Crippen molar-refractivity contribution < 1.29 is 14.3 Å². The normalized spacial score (nSPS) is 24.3. The van der Waals surface area contributed by atoms with Crippen LogP contribution in [0.2, 0.25) is 0 Å². The molecule has 4 heteroatoms. The van der Waals surface area contributed by atoms with Gasteiger partial charge in [0.25, 0.3) is 0 Å². The van der Waals surface area contributed by atoms with Crippen LogP contribution in [0.25, 0.3) is 0 Å². The maximum absolute atomic E-state index is 14.2. The van der Waals surface area contributed by atoms with Crippen LogP contribution in [-0.2, 0) is 4.79 Å². The molecule has 0 spiro atoms. The first-order chi connectivity index (χ1) is 9.66. The van der Waals surface area contributed by atoms with Crippen LogP contribution in [0.4, 0.5) is 4.39 Å². The van der Waals surface area contributed by atoms with Crippen molar-refractivity contribution in [3.8, 4) is 0 Å². The molecule has 20 heavy (non-hydrogen) atoms. The van der Waals surface area contributed by atoms with Crippen molar-refractivity contribution >= 4 is 6.29 Å². The number of aldehydes is 1. The molecule has 1 atom stereocenters. The molecular weight excluding hydrogens is 257 g/mol. The SMILES string of the molecule is O=CC1(C(c2ccccc2F)N2CCC(O)CC2)CC1. The molecule has 1 aliphatic carbocycles. The van der Waals surface area contributed by atoms with E-state index in [1.54, 1.807) is 12.1 Å². The van der Waals surface area contributed by atoms with Crippen LogP contribution in [-0.4, -0.2) is 35.5 Å². The van der Waals surface area contributed by atoms with Crippen molar-refractivity contribution in [2.24, 2.45) is 5.41 Å². The van der Waals surface area contributed by atoms with E-state index in [-0.39, 0.29) is 18.0 Å². The van der Waals surface area contributed by atoms with Gasteiger partial charge in [-0.2, -0.15) is 0 Å². The minimum absolute atomic E-state index is 0.186. The summed E-state index contributed by atoms with van der Waals surface area (Å²) in [5.74, 6) is -0.239. The van der Waals surface area contributed by atoms with E-state index in [9.17, 15) is 14.3 Å². The number of piperidine rings is 1. The standard InChI is InChI=1S/C16H20FNO2/c17-14-4-2-1-3-13(14)15(16(11-19)7-8-16)18-9-5-12(20)6-10-18/h1-4,11-12,15,20H,5-10H2. The third-order valence-electron chi connectivity index (χ3n) is 4.67. The lowest BCUT2D eigenvalue weighted by atomic mass is 9.88. The fourth-order valence-corrected chi connectivity index (χ4v) is 3.31. The van der Waals surface area contributed by atoms with E-state index >= 15 is 0 Å². The van der Waals surface area contributed by atoms with Crippen LogP contribution in [0.5, 0.6) is 0 Å². The minimum atomic E-state index is -0.426. The first-order valence-electron chi connectivity index (χ1n) is 7.29. The molecule has 2 fully saturated rings. The molecule has 0 aromatic heterocycles. The van der Waals surface area contributed by atoms with Gasteiger partial charge >= 0.3 is 0 Å². The van der Waals surface area contributed by atoms with E-state index in [1.807, 2.05) is 6.07 Å². The summed E-state index contributed by atoms with van der Waals surface area (Å²) in [7, 11) is 0. The van der Waals surface area contributed by atoms with Gasteiger partial charge < -0.3 is 9.90 Å². The molecule has 1 heterocycles. The van der Waals surface area contributed by atoms with Crippen molar-refractivity contribution in [3.05, 3.63) is 35.6 Å². The Hall–Kier alpha value is -1.26. The second kappa shape index (κ2) is 5.26. The molecule has 108 valence electrons. The second-order valence-corrected chi connectivity index (χ2v) is 6.04. The molecule has 0 amide bonds. The number of likely N-dealkylation sites (tertiary alicyclic amines) is 1. The van der Waals surface area contributed by atoms with Crippen LogP contribution in [0, 0.1) is 11.2 Å². The summed E-state index contributed by atoms with van der Waals surface area (Å²) in [5.41, 5.74) is 0.193. The largest absolute Gasteiger partial charge is 0.393 e. The van der Waals surface area contributed by atoms with Gasteiger partial charge in [-0.25, -0.2) is 4.39 Å². The Kier molecular flexibility index (Phi) is 3.61. The number of aliphatic hydroxyl groups excluding tert-OH is 1. The highest BCUT2D eigenvalue weighted by Crippen LogP contribution is 2.56. The zero-order valence-electron chi connectivity index (χ0n) is 11.5. The predicted octanol–water partition coefficient (Wildman–Crippen LogP) is 2.30. The van der Waals surface area contributed by atoms with Crippen molar-refractivity contribution in [2.45, 2.75) is 37.8 Å². The highest BCUT2D eigenvalue weighted by atomic mass is 19.1. The first kappa shape index (κ1) is 13.7. The number of aliphatic hydroxyl groups is 1. The van der Waals surface area contributed by atoms with Crippen molar-refractivity contribution in [2.75, 3.05) is 13.1 Å². The molecule has 1 unspecified atom stereocenters. The number of hydrogen-bond acceptors (Lipinski definition) is 3. The highest BCUT2D eigenvalue weighted by Gasteiger charge is 2.53. The monoisotopic (exact) mass is 277 g/mol. The van der Waals surface area contributed by atoms with E-state index in [2.05, 4.69) is 4.90 Å². The van der Waals surface area contributed by atoms with Crippen LogP contribution >= 0.6 is 0 Å². The minimum Gasteiger partial charge on any atom is -0.393 e. The van der Waals surface area contributed by atoms with Gasteiger partial charge in [0, 0.05) is 30.1 Å². The summed E-state index contributed by atoms with van der Waals surface area (Å²) in [6.45, 7) is 1.44. The number of nitrogens with zero attached hydrogens (tertiary/aromatic N) is 1. The smallest absolute Gasteiger partial charge is 0.128 e. The molecule has 3 rings (SSSR count). The van der Waals surface area contributed by atoms with Crippen LogP contribution in [0.15, 0.2) is 24.3 Å². The van der Waals surface area contributed by atoms with Gasteiger partial charge in [0.15, 0.2) is 0 Å². The Morgan fingerprint density at radius 3 is 2.50 bits per heavy atom. The number of halogens is 1. The van der Waals surface area contributed by atoms with Gasteiger partial charge in [0.05, 0.1) is 6.10 Å². The van der Waals surface area contributed by atoms with E-state index < -0.39 is 5.41 Å². The Morgan fingerprint density at radius 2 is 1.95 bits per heavy atom. The first-order valence-corrected chi connectivity index (χ1v) is 7.29. The number of benzene rings is 1. The van der Waals surface area contributed by atoms with Crippen molar-refractivity contribution in [1.82, 2.24) is 4.90 Å². The van der Waals surface area contributed by atoms with Gasteiger partial charge in [0.1, 0.15) is 12.1 Å². The molecule has 1 aliphatic heterocycles. The van der Waals surface area contributed by atoms with Gasteiger partial charge in [-0.3, -0.25) is 4.90 Å². The fraction of sp³-hybridized carbons (Fsp3) is 0.562. The van der Waals surface area contributed by atoms with Gasteiger partial charge in [-0.1, -0.05) is 18.2 Å². The number of rotatable bonds is 4. The van der Waals surface area contributed by atoms with Gasteiger partial charge in [-0.05, 0) is 31.7 Å². The molecular formula is C16H20FNO2. The van der Waals surface area contributed by atoms with E-state index in [4.69, 9.17) is 0 Å². The lowest BCUT2D eigenvalue weighted by Gasteiger charge is -2.39. The molecule has 1 aromatic carbocycles. The van der Waals surface area contributed by atoms with Gasteiger partial charge in [-0.15, -0.1) is 0 Å². The van der Waals surface area contributed by atoms with Crippen LogP contribution in [0.1, 0.15) is 37.3 Å². The van der Waals surface area contributed by atoms with Gasteiger partial charge in [0.2, 0.25) is 0 Å². The summed E-state index contributed by atoms with van der Waals surface area (Å²) in [6.07, 6.45) is 3.79. The van der Waals surface area contributed by atoms with Crippen molar-refractivity contribution in [1.29, 1.82) is 0 Å². The summed E-state index contributed by atoms with van der Waals surface area (Å²) in [4.78, 5) is 13.7. The second-order valence-electron chi connectivity index (χ2n) is 6.04. The lowest BCUT2D eigenvalue weighted by Crippen LogP contribution is -2.42. The maximum atomic E-state index is 14.2. The third-order valence-corrected chi connectivity index (χ3v) is 4.67. The summed E-state index contributed by atoms with van der Waals surface area (Å²) in [6, 6.07) is 6.56. The molecule has 2 aliphatic rings. The zero-order chi connectivity index (χ0) is 14.2. The van der Waals surface area contributed by atoms with Crippen molar-refractivity contribution in [3.63, 3.8) is 0 Å². The maximum Gasteiger partial charge on any atom is 0.128 e. The number of carbonyl (C=O) groups is 1. The topological polar surface area (TPSA) is 40.5 Å². The predicted molar refractivity (Wildman–Crippen MR) is 73.7 cm³/mol. The zero-order valence-corrected chi connectivity index (χ0v) is 11.5. The van der Waals surface area contributed by atoms with E-state index in [0.717, 1.165) is 32.2 Å². The average molecular weight is 277 g/mol. The Labute approximate surface area is 118 Å². The van der Waals surface area contributed by atoms with E-state index in [1.165, 1.54) is 6.07 Å². The van der Waals surface area contributed by atoms with Crippen LogP contribution < -0.4 is 0 Å². The summed E-state index contributed by atoms with van der Waals surface area (Å²) < 4.78 is 14.2. The molecule has 3 nitrogen and oxygen atoms in total. The molecule has 1 aromatic rings.